The van der Waals surface area contributed by atoms with E-state index in [1.54, 1.807) is 0 Å². The number of halogens is 2. The van der Waals surface area contributed by atoms with Crippen LogP contribution >= 0.6 is 28.9 Å². The third-order valence-electron chi connectivity index (χ3n) is 5.81. The Morgan fingerprint density at radius 1 is 1.00 bits per heavy atom. The van der Waals surface area contributed by atoms with Gasteiger partial charge in [-0.2, -0.15) is 0 Å². The van der Waals surface area contributed by atoms with Crippen molar-refractivity contribution >= 4 is 68.8 Å². The van der Waals surface area contributed by atoms with E-state index in [2.05, 4.69) is 119 Å². The van der Waals surface area contributed by atoms with E-state index < -0.39 is 5.66 Å². The Bertz CT molecular complexity index is 1140. The van der Waals surface area contributed by atoms with Crippen LogP contribution in [0.3, 0.4) is 0 Å². The summed E-state index contributed by atoms with van der Waals surface area (Å²) in [6.45, 7) is 4.57. The first-order valence-electron chi connectivity index (χ1n) is 10.4. The zero-order chi connectivity index (χ0) is 22.8. The molecule has 0 amide bonds. The SMILES string of the molecule is Cc1ccc(C2=NN3[C@](C)(C[C@@H](c4ccccc4)[P@@]3(=[Se])c3ccccc3)[Se]2)cc1.ClCCl. The van der Waals surface area contributed by atoms with E-state index in [4.69, 9.17) is 28.3 Å². The Hall–Kier alpha value is -0.821. The smallest absolute Gasteiger partial charge is 0.0967 e. The maximum absolute atomic E-state index is 5.32. The standard InChI is InChI=1S/C24H23N2PSe2.CH2Cl2/c1-18-13-15-20(16-14-18)23-25-26-24(2,29-23)17-22(19-9-5-3-6-10-19)27(26,28)21-11-7-4-8-12-21;2-1-3/h3-16,22H,17H2,1-2H3;1H2/t22-,24-,27-;/m0./s1. The first-order chi connectivity index (χ1) is 15.4. The Labute approximate surface area is 214 Å². The maximum Gasteiger partial charge on any atom is 0.0967 e. The van der Waals surface area contributed by atoms with Crippen molar-refractivity contribution in [3.8, 4) is 0 Å². The van der Waals surface area contributed by atoms with Crippen LogP contribution in [0.15, 0.2) is 90.0 Å². The van der Waals surface area contributed by atoms with Crippen molar-refractivity contribution in [1.82, 2.24) is 4.78 Å². The van der Waals surface area contributed by atoms with Crippen LogP contribution in [0.1, 0.15) is 35.7 Å². The van der Waals surface area contributed by atoms with E-state index in [1.165, 1.54) is 26.6 Å². The number of benzene rings is 3. The molecule has 2 heterocycles. The van der Waals surface area contributed by atoms with E-state index in [1.807, 2.05) is 0 Å². The number of aryl methyl sites for hydroxylation is 1. The first kappa shape index (κ1) is 24.3. The molecule has 3 aromatic carbocycles. The van der Waals surface area contributed by atoms with Crippen molar-refractivity contribution in [2.45, 2.75) is 30.4 Å². The second-order valence-corrected chi connectivity index (χ2v) is 18.2. The zero-order valence-electron chi connectivity index (χ0n) is 18.0. The molecule has 1 saturated heterocycles. The van der Waals surface area contributed by atoms with Gasteiger partial charge in [0, 0.05) is 0 Å². The van der Waals surface area contributed by atoms with Gasteiger partial charge in [0.25, 0.3) is 0 Å². The fourth-order valence-corrected chi connectivity index (χ4v) is 15.9. The molecular weight excluding hydrogens is 588 g/mol. The van der Waals surface area contributed by atoms with Crippen LogP contribution in [0, 0.1) is 6.92 Å². The van der Waals surface area contributed by atoms with Crippen LogP contribution in [-0.2, 0) is 0 Å². The number of hydrazone groups is 1. The average Bonchev–Trinajstić information content (AvgIpc) is 3.27. The topological polar surface area (TPSA) is 15.6 Å². The largest absolute Gasteiger partial charge is 0.109 e. The average molecular weight is 613 g/mol. The third kappa shape index (κ3) is 4.57. The minimum Gasteiger partial charge on any atom is -0.109 e. The zero-order valence-corrected chi connectivity index (χ0v) is 23.8. The molecule has 0 spiro atoms. The molecular formula is C25H25Cl2N2PSe2. The molecule has 0 saturated carbocycles. The van der Waals surface area contributed by atoms with Crippen molar-refractivity contribution in [3.05, 3.63) is 102 Å². The molecule has 0 aromatic heterocycles. The van der Waals surface area contributed by atoms with Crippen molar-refractivity contribution in [2.75, 3.05) is 5.34 Å². The predicted octanol–water partition coefficient (Wildman–Crippen LogP) is 6.30. The second kappa shape index (κ2) is 10.2. The van der Waals surface area contributed by atoms with Gasteiger partial charge < -0.3 is 0 Å². The molecule has 0 aliphatic carbocycles. The Morgan fingerprint density at radius 3 is 2.16 bits per heavy atom. The number of nitrogens with zero attached hydrogens (tertiary/aromatic N) is 2. The molecule has 1 fully saturated rings. The van der Waals surface area contributed by atoms with Crippen LogP contribution in [-0.4, -0.2) is 49.2 Å². The van der Waals surface area contributed by atoms with Crippen molar-refractivity contribution < 1.29 is 0 Å². The summed E-state index contributed by atoms with van der Waals surface area (Å²) >= 11 is 13.6. The molecule has 0 bridgehead atoms. The predicted molar refractivity (Wildman–Crippen MR) is 143 cm³/mol. The van der Waals surface area contributed by atoms with E-state index in [-0.39, 0.29) is 9.78 Å². The summed E-state index contributed by atoms with van der Waals surface area (Å²) in [6, 6.07) is 30.9. The second-order valence-electron chi connectivity index (χ2n) is 8.03. The maximum atomic E-state index is 5.32. The summed E-state index contributed by atoms with van der Waals surface area (Å²) in [5.74, 6) is 0. The van der Waals surface area contributed by atoms with Gasteiger partial charge in [0.05, 0.1) is 5.34 Å². The number of rotatable bonds is 3. The van der Waals surface area contributed by atoms with E-state index in [9.17, 15) is 0 Å². The number of alkyl halides is 2. The fourth-order valence-electron chi connectivity index (χ4n) is 4.32. The minimum absolute atomic E-state index is 0.0998. The Morgan fingerprint density at radius 2 is 1.56 bits per heavy atom. The van der Waals surface area contributed by atoms with E-state index in [0.717, 1.165) is 6.42 Å². The van der Waals surface area contributed by atoms with Gasteiger partial charge in [-0.25, -0.2) is 0 Å². The van der Waals surface area contributed by atoms with Gasteiger partial charge in [0.2, 0.25) is 0 Å². The molecule has 7 heteroatoms. The number of hydrogen-bond donors (Lipinski definition) is 0. The van der Waals surface area contributed by atoms with Crippen LogP contribution in [0.4, 0.5) is 0 Å². The van der Waals surface area contributed by atoms with Gasteiger partial charge >= 0.3 is 187 Å². The monoisotopic (exact) mass is 614 g/mol. The summed E-state index contributed by atoms with van der Waals surface area (Å²) in [4.78, 5) is 0. The first-order valence-corrected chi connectivity index (χ1v) is 17.2. The van der Waals surface area contributed by atoms with Gasteiger partial charge in [0.1, 0.15) is 0 Å². The van der Waals surface area contributed by atoms with Crippen molar-refractivity contribution in [3.63, 3.8) is 0 Å². The van der Waals surface area contributed by atoms with Gasteiger partial charge in [-0.1, -0.05) is 0 Å². The Kier molecular flexibility index (Phi) is 7.75. The molecule has 5 rings (SSSR count). The van der Waals surface area contributed by atoms with E-state index in [0.29, 0.717) is 20.6 Å². The van der Waals surface area contributed by atoms with Crippen LogP contribution in [0.5, 0.6) is 0 Å². The molecule has 3 atom stereocenters. The molecule has 2 nitrogen and oxygen atoms in total. The molecule has 32 heavy (non-hydrogen) atoms. The van der Waals surface area contributed by atoms with Crippen LogP contribution < -0.4 is 5.30 Å². The molecule has 0 unspecified atom stereocenters. The van der Waals surface area contributed by atoms with Crippen molar-refractivity contribution in [1.29, 1.82) is 0 Å². The Balaban J connectivity index is 0.000000775. The van der Waals surface area contributed by atoms with Gasteiger partial charge in [0.15, 0.2) is 0 Å². The normalized spacial score (nSPS) is 26.2. The van der Waals surface area contributed by atoms with Crippen LogP contribution in [0.2, 0.25) is 0 Å². The summed E-state index contributed by atoms with van der Waals surface area (Å²) in [7, 11) is 0. The molecule has 0 N–H and O–H groups in total. The summed E-state index contributed by atoms with van der Waals surface area (Å²) in [5.41, 5.74) is 2.68. The van der Waals surface area contributed by atoms with Crippen LogP contribution in [0.25, 0.3) is 0 Å². The number of hydrogen-bond acceptors (Lipinski definition) is 2. The van der Waals surface area contributed by atoms with E-state index >= 15 is 0 Å². The summed E-state index contributed by atoms with van der Waals surface area (Å²) in [5, 5.41) is 6.92. The molecule has 2 aliphatic heterocycles. The molecule has 0 radical (unpaired) electrons. The third-order valence-corrected chi connectivity index (χ3v) is 16.2. The molecule has 2 aliphatic rings. The van der Waals surface area contributed by atoms with Gasteiger partial charge in [-0.05, 0) is 0 Å². The molecule has 166 valence electrons. The number of fused-ring (bicyclic) bond motifs is 1. The fraction of sp³-hybridized carbons (Fsp3) is 0.240. The summed E-state index contributed by atoms with van der Waals surface area (Å²) in [6.07, 6.45) is 1.14. The minimum atomic E-state index is -1.80. The summed E-state index contributed by atoms with van der Waals surface area (Å²) < 4.78 is 3.90. The van der Waals surface area contributed by atoms with Gasteiger partial charge in [-0.15, -0.1) is 23.2 Å². The van der Waals surface area contributed by atoms with Gasteiger partial charge in [-0.3, -0.25) is 0 Å². The molecule has 3 aromatic rings. The quantitative estimate of drug-likeness (QED) is 0.193. The van der Waals surface area contributed by atoms with Crippen molar-refractivity contribution in [2.24, 2.45) is 5.10 Å².